The summed E-state index contributed by atoms with van der Waals surface area (Å²) in [4.78, 5) is 4.65. The summed E-state index contributed by atoms with van der Waals surface area (Å²) in [7, 11) is 3.61. The van der Waals surface area contributed by atoms with Gasteiger partial charge in [-0.3, -0.25) is 4.90 Å². The Labute approximate surface area is 126 Å². The summed E-state index contributed by atoms with van der Waals surface area (Å²) < 4.78 is 19.1. The first-order valence-corrected chi connectivity index (χ1v) is 7.46. The van der Waals surface area contributed by atoms with Crippen molar-refractivity contribution in [3.8, 4) is 5.75 Å². The maximum atomic E-state index is 13.9. The first-order valence-electron chi connectivity index (χ1n) is 7.46. The van der Waals surface area contributed by atoms with Crippen LogP contribution in [0.1, 0.15) is 25.0 Å². The molecule has 1 saturated heterocycles. The highest BCUT2D eigenvalue weighted by Gasteiger charge is 2.24. The summed E-state index contributed by atoms with van der Waals surface area (Å²) in [5.74, 6) is 0.00204. The van der Waals surface area contributed by atoms with E-state index in [1.165, 1.54) is 13.2 Å². The fraction of sp³-hybridized carbons (Fsp3) is 0.625. The van der Waals surface area contributed by atoms with E-state index in [1.807, 2.05) is 0 Å². The van der Waals surface area contributed by atoms with Gasteiger partial charge in [0.15, 0.2) is 0 Å². The molecule has 4 nitrogen and oxygen atoms in total. The van der Waals surface area contributed by atoms with Crippen molar-refractivity contribution in [1.29, 1.82) is 0 Å². The number of methoxy groups -OCH3 is 1. The number of aliphatic hydroxyl groups is 1. The Kier molecular flexibility index (Phi) is 5.56. The van der Waals surface area contributed by atoms with Gasteiger partial charge in [0.1, 0.15) is 11.6 Å². The third-order valence-electron chi connectivity index (χ3n) is 4.22. The van der Waals surface area contributed by atoms with E-state index in [0.29, 0.717) is 18.2 Å². The number of ether oxygens (including phenoxy) is 1. The molecule has 0 aromatic heterocycles. The van der Waals surface area contributed by atoms with E-state index in [4.69, 9.17) is 4.74 Å². The highest BCUT2D eigenvalue weighted by atomic mass is 19.1. The number of halogens is 1. The van der Waals surface area contributed by atoms with Crippen molar-refractivity contribution in [3.63, 3.8) is 0 Å². The molecule has 0 radical (unpaired) electrons. The second kappa shape index (κ2) is 7.20. The van der Waals surface area contributed by atoms with Crippen LogP contribution in [0.5, 0.6) is 5.75 Å². The van der Waals surface area contributed by atoms with E-state index in [2.05, 4.69) is 23.8 Å². The number of hydrogen-bond donors (Lipinski definition) is 1. The monoisotopic (exact) mass is 296 g/mol. The topological polar surface area (TPSA) is 35.9 Å². The van der Waals surface area contributed by atoms with Crippen LogP contribution in [0.4, 0.5) is 4.39 Å². The summed E-state index contributed by atoms with van der Waals surface area (Å²) in [6.07, 6.45) is -0.335. The molecule has 1 N–H and O–H groups in total. The van der Waals surface area contributed by atoms with Crippen molar-refractivity contribution in [2.45, 2.75) is 25.5 Å². The minimum Gasteiger partial charge on any atom is -0.496 e. The Morgan fingerprint density at radius 2 is 2.19 bits per heavy atom. The van der Waals surface area contributed by atoms with Crippen LogP contribution in [-0.4, -0.2) is 61.3 Å². The van der Waals surface area contributed by atoms with Crippen LogP contribution in [0.3, 0.4) is 0 Å². The quantitative estimate of drug-likeness (QED) is 0.900. The summed E-state index contributed by atoms with van der Waals surface area (Å²) >= 11 is 0. The van der Waals surface area contributed by atoms with Gasteiger partial charge in [-0.2, -0.15) is 0 Å². The van der Waals surface area contributed by atoms with Gasteiger partial charge in [0.2, 0.25) is 0 Å². The highest BCUT2D eigenvalue weighted by Crippen LogP contribution is 2.30. The van der Waals surface area contributed by atoms with Crippen molar-refractivity contribution < 1.29 is 14.2 Å². The van der Waals surface area contributed by atoms with Crippen LogP contribution in [0.25, 0.3) is 0 Å². The van der Waals surface area contributed by atoms with Crippen molar-refractivity contribution >= 4 is 0 Å². The van der Waals surface area contributed by atoms with E-state index in [1.54, 1.807) is 12.1 Å². The predicted molar refractivity (Wildman–Crippen MR) is 81.1 cm³/mol. The lowest BCUT2D eigenvalue weighted by molar-refractivity contribution is 0.0754. The zero-order chi connectivity index (χ0) is 15.4. The maximum Gasteiger partial charge on any atom is 0.132 e. The van der Waals surface area contributed by atoms with Gasteiger partial charge in [0, 0.05) is 32.2 Å². The fourth-order valence-corrected chi connectivity index (χ4v) is 2.96. The van der Waals surface area contributed by atoms with E-state index < -0.39 is 11.9 Å². The average Bonchev–Trinajstić information content (AvgIpc) is 2.45. The van der Waals surface area contributed by atoms with Crippen molar-refractivity contribution in [2.24, 2.45) is 0 Å². The van der Waals surface area contributed by atoms with Gasteiger partial charge in [0.05, 0.1) is 18.8 Å². The minimum atomic E-state index is -0.840. The predicted octanol–water partition coefficient (Wildman–Crippen LogP) is 1.89. The third kappa shape index (κ3) is 3.93. The number of hydrogen-bond acceptors (Lipinski definition) is 4. The molecule has 0 spiro atoms. The third-order valence-corrected chi connectivity index (χ3v) is 4.22. The molecule has 0 amide bonds. The normalized spacial score (nSPS) is 22.2. The summed E-state index contributed by atoms with van der Waals surface area (Å²) in [5.41, 5.74) is 0.266. The second-order valence-corrected chi connectivity index (χ2v) is 5.81. The Balaban J connectivity index is 1.97. The number of benzene rings is 1. The largest absolute Gasteiger partial charge is 0.496 e. The van der Waals surface area contributed by atoms with Crippen LogP contribution < -0.4 is 4.74 Å². The molecule has 1 heterocycles. The Morgan fingerprint density at radius 3 is 2.86 bits per heavy atom. The molecule has 2 atom stereocenters. The molecule has 2 rings (SSSR count). The van der Waals surface area contributed by atoms with Gasteiger partial charge in [-0.05, 0) is 32.5 Å². The molecule has 0 bridgehead atoms. The molecule has 1 aliphatic heterocycles. The lowest BCUT2D eigenvalue weighted by Gasteiger charge is -2.38. The van der Waals surface area contributed by atoms with Gasteiger partial charge < -0.3 is 14.7 Å². The number of likely N-dealkylation sites (N-methyl/N-ethyl adjacent to an activating group) is 1. The van der Waals surface area contributed by atoms with Gasteiger partial charge in [-0.1, -0.05) is 6.07 Å². The average molecular weight is 296 g/mol. The van der Waals surface area contributed by atoms with Gasteiger partial charge >= 0.3 is 0 Å². The minimum absolute atomic E-state index is 0.266. The standard InChI is InChI=1S/C16H25FN2O2/c1-12-11-18(2)9-10-19(12)8-7-14(20)16-13(17)5-4-6-15(16)21-3/h4-6,12,14,20H,7-11H2,1-3H3. The summed E-state index contributed by atoms with van der Waals surface area (Å²) in [5, 5.41) is 10.3. The molecule has 1 aliphatic rings. The smallest absolute Gasteiger partial charge is 0.132 e. The lowest BCUT2D eigenvalue weighted by Crippen LogP contribution is -2.50. The van der Waals surface area contributed by atoms with Crippen molar-refractivity contribution in [1.82, 2.24) is 9.80 Å². The first-order chi connectivity index (χ1) is 10.0. The molecule has 5 heteroatoms. The fourth-order valence-electron chi connectivity index (χ4n) is 2.96. The molecule has 2 unspecified atom stereocenters. The summed E-state index contributed by atoms with van der Waals surface area (Å²) in [6.45, 7) is 5.99. The van der Waals surface area contributed by atoms with Gasteiger partial charge in [-0.15, -0.1) is 0 Å². The number of piperazine rings is 1. The molecule has 0 saturated carbocycles. The van der Waals surface area contributed by atoms with E-state index in [0.717, 1.165) is 26.2 Å². The zero-order valence-electron chi connectivity index (χ0n) is 13.1. The van der Waals surface area contributed by atoms with Gasteiger partial charge in [-0.25, -0.2) is 4.39 Å². The first kappa shape index (κ1) is 16.2. The molecule has 1 fully saturated rings. The Morgan fingerprint density at radius 1 is 1.43 bits per heavy atom. The number of aliphatic hydroxyl groups excluding tert-OH is 1. The zero-order valence-corrected chi connectivity index (χ0v) is 13.1. The highest BCUT2D eigenvalue weighted by molar-refractivity contribution is 5.36. The van der Waals surface area contributed by atoms with Crippen molar-refractivity contribution in [3.05, 3.63) is 29.6 Å². The number of rotatable bonds is 5. The lowest BCUT2D eigenvalue weighted by atomic mass is 10.0. The Hall–Kier alpha value is -1.17. The molecule has 118 valence electrons. The molecule has 1 aromatic carbocycles. The van der Waals surface area contributed by atoms with Crippen LogP contribution in [0.15, 0.2) is 18.2 Å². The molecular formula is C16H25FN2O2. The second-order valence-electron chi connectivity index (χ2n) is 5.81. The molecule has 0 aliphatic carbocycles. The SMILES string of the molecule is COc1cccc(F)c1C(O)CCN1CCN(C)CC1C. The Bertz CT molecular complexity index is 470. The van der Waals surface area contributed by atoms with E-state index in [-0.39, 0.29) is 5.56 Å². The van der Waals surface area contributed by atoms with Crippen molar-refractivity contribution in [2.75, 3.05) is 40.3 Å². The molecule has 21 heavy (non-hydrogen) atoms. The molecular weight excluding hydrogens is 271 g/mol. The van der Waals surface area contributed by atoms with E-state index in [9.17, 15) is 9.50 Å². The molecule has 1 aromatic rings. The van der Waals surface area contributed by atoms with E-state index >= 15 is 0 Å². The van der Waals surface area contributed by atoms with Crippen LogP contribution in [0.2, 0.25) is 0 Å². The van der Waals surface area contributed by atoms with Crippen LogP contribution in [-0.2, 0) is 0 Å². The van der Waals surface area contributed by atoms with Crippen LogP contribution >= 0.6 is 0 Å². The van der Waals surface area contributed by atoms with Crippen LogP contribution in [0, 0.1) is 5.82 Å². The van der Waals surface area contributed by atoms with Gasteiger partial charge in [0.25, 0.3) is 0 Å². The summed E-state index contributed by atoms with van der Waals surface area (Å²) in [6, 6.07) is 5.09. The number of nitrogens with zero attached hydrogens (tertiary/aromatic N) is 2. The maximum absolute atomic E-state index is 13.9.